The highest BCUT2D eigenvalue weighted by atomic mass is 16.5. The van der Waals surface area contributed by atoms with Gasteiger partial charge in [-0.1, -0.05) is 6.07 Å². The Bertz CT molecular complexity index is 1020. The van der Waals surface area contributed by atoms with E-state index in [0.717, 1.165) is 37.2 Å². The second-order valence-electron chi connectivity index (χ2n) is 7.61. The van der Waals surface area contributed by atoms with Gasteiger partial charge in [-0.25, -0.2) is 9.67 Å². The third-order valence-electron chi connectivity index (χ3n) is 5.57. The summed E-state index contributed by atoms with van der Waals surface area (Å²) in [7, 11) is 3.23. The summed E-state index contributed by atoms with van der Waals surface area (Å²) >= 11 is 0. The molecule has 4 rings (SSSR count). The third kappa shape index (κ3) is 4.96. The van der Waals surface area contributed by atoms with Crippen LogP contribution in [0.4, 0.5) is 5.82 Å². The van der Waals surface area contributed by atoms with Gasteiger partial charge in [0.1, 0.15) is 12.7 Å². The van der Waals surface area contributed by atoms with Gasteiger partial charge >= 0.3 is 0 Å². The van der Waals surface area contributed by atoms with E-state index >= 15 is 0 Å². The first-order valence-corrected chi connectivity index (χ1v) is 10.6. The first-order chi connectivity index (χ1) is 15.7. The fourth-order valence-electron chi connectivity index (χ4n) is 3.85. The van der Waals surface area contributed by atoms with Crippen LogP contribution in [0.2, 0.25) is 0 Å². The van der Waals surface area contributed by atoms with Crippen molar-refractivity contribution >= 4 is 11.7 Å². The molecule has 1 aliphatic heterocycles. The number of aromatic nitrogens is 5. The Hall–Kier alpha value is -3.69. The van der Waals surface area contributed by atoms with Crippen molar-refractivity contribution < 1.29 is 14.3 Å². The first-order valence-electron chi connectivity index (χ1n) is 10.6. The molecular formula is C22H27N7O3. The van der Waals surface area contributed by atoms with Crippen LogP contribution in [0.15, 0.2) is 43.0 Å². The Balaban J connectivity index is 1.30. The van der Waals surface area contributed by atoms with E-state index in [1.54, 1.807) is 25.2 Å². The Morgan fingerprint density at radius 3 is 2.66 bits per heavy atom. The molecule has 0 spiro atoms. The lowest BCUT2D eigenvalue weighted by Gasteiger charge is -2.32. The van der Waals surface area contributed by atoms with E-state index in [0.29, 0.717) is 30.4 Å². The molecule has 3 heterocycles. The highest BCUT2D eigenvalue weighted by Crippen LogP contribution is 2.27. The summed E-state index contributed by atoms with van der Waals surface area (Å²) in [5, 5.41) is 15.7. The number of carbonyl (C=O) groups excluding carboxylic acids is 1. The standard InChI is InChI=1S/C22H27N7O3/c1-31-18-6-5-16(12-19(18)32-2)9-10-24-22(30)17-4-3-11-28(13-17)20-7-8-21(27-26-20)29-15-23-14-25-29/h5-8,12,14-15,17H,3-4,9-11,13H2,1-2H3,(H,24,30). The Kier molecular flexibility index (Phi) is 6.78. The fourth-order valence-corrected chi connectivity index (χ4v) is 3.85. The number of rotatable bonds is 8. The van der Waals surface area contributed by atoms with Gasteiger partial charge in [0.15, 0.2) is 23.1 Å². The summed E-state index contributed by atoms with van der Waals surface area (Å²) in [6.07, 6.45) is 5.54. The molecule has 1 amide bonds. The minimum atomic E-state index is -0.0778. The molecule has 10 nitrogen and oxygen atoms in total. The molecule has 1 fully saturated rings. The number of nitrogens with zero attached hydrogens (tertiary/aromatic N) is 6. The summed E-state index contributed by atoms with van der Waals surface area (Å²) < 4.78 is 12.2. The van der Waals surface area contributed by atoms with Crippen molar-refractivity contribution in [1.29, 1.82) is 0 Å². The summed E-state index contributed by atoms with van der Waals surface area (Å²) in [6.45, 7) is 2.05. The van der Waals surface area contributed by atoms with Gasteiger partial charge in [-0.15, -0.1) is 10.2 Å². The molecule has 3 aromatic rings. The molecule has 0 bridgehead atoms. The van der Waals surface area contributed by atoms with Crippen molar-refractivity contribution in [2.24, 2.45) is 5.92 Å². The summed E-state index contributed by atoms with van der Waals surface area (Å²) in [4.78, 5) is 18.8. The molecule has 32 heavy (non-hydrogen) atoms. The maximum absolute atomic E-state index is 12.8. The van der Waals surface area contributed by atoms with Gasteiger partial charge in [0.2, 0.25) is 5.91 Å². The van der Waals surface area contributed by atoms with Crippen molar-refractivity contribution in [3.63, 3.8) is 0 Å². The Morgan fingerprint density at radius 2 is 1.94 bits per heavy atom. The van der Waals surface area contributed by atoms with Crippen LogP contribution in [-0.4, -0.2) is 64.7 Å². The lowest BCUT2D eigenvalue weighted by atomic mass is 9.97. The normalized spacial score (nSPS) is 15.9. The number of carbonyl (C=O) groups is 1. The zero-order chi connectivity index (χ0) is 22.3. The molecule has 1 aromatic carbocycles. The van der Waals surface area contributed by atoms with Crippen LogP contribution < -0.4 is 19.7 Å². The number of ether oxygens (including phenoxy) is 2. The number of hydrogen-bond donors (Lipinski definition) is 1. The number of methoxy groups -OCH3 is 2. The van der Waals surface area contributed by atoms with Gasteiger partial charge in [-0.05, 0) is 49.1 Å². The molecule has 1 aliphatic rings. The highest BCUT2D eigenvalue weighted by molar-refractivity contribution is 5.79. The minimum Gasteiger partial charge on any atom is -0.493 e. The zero-order valence-corrected chi connectivity index (χ0v) is 18.3. The van der Waals surface area contributed by atoms with Crippen molar-refractivity contribution in [2.45, 2.75) is 19.3 Å². The van der Waals surface area contributed by atoms with E-state index < -0.39 is 0 Å². The van der Waals surface area contributed by atoms with Crippen LogP contribution in [0, 0.1) is 5.92 Å². The van der Waals surface area contributed by atoms with Gasteiger partial charge in [-0.3, -0.25) is 4.79 Å². The highest BCUT2D eigenvalue weighted by Gasteiger charge is 2.26. The van der Waals surface area contributed by atoms with Crippen molar-refractivity contribution in [2.75, 3.05) is 38.8 Å². The maximum Gasteiger partial charge on any atom is 0.224 e. The van der Waals surface area contributed by atoms with E-state index in [4.69, 9.17) is 9.47 Å². The first kappa shape index (κ1) is 21.5. The van der Waals surface area contributed by atoms with Gasteiger partial charge in [0.25, 0.3) is 0 Å². The topological polar surface area (TPSA) is 107 Å². The lowest BCUT2D eigenvalue weighted by molar-refractivity contribution is -0.125. The molecule has 0 aliphatic carbocycles. The average Bonchev–Trinajstić information content (AvgIpc) is 3.39. The van der Waals surface area contributed by atoms with Gasteiger partial charge < -0.3 is 19.7 Å². The average molecular weight is 438 g/mol. The molecule has 0 saturated carbocycles. The molecule has 2 aromatic heterocycles. The van der Waals surface area contributed by atoms with Crippen LogP contribution in [0.3, 0.4) is 0 Å². The number of nitrogens with one attached hydrogen (secondary N) is 1. The van der Waals surface area contributed by atoms with Crippen molar-refractivity contribution in [3.8, 4) is 17.3 Å². The Morgan fingerprint density at radius 1 is 1.12 bits per heavy atom. The smallest absolute Gasteiger partial charge is 0.224 e. The van der Waals surface area contributed by atoms with Gasteiger partial charge in [0.05, 0.1) is 20.1 Å². The molecule has 1 unspecified atom stereocenters. The number of hydrogen-bond acceptors (Lipinski definition) is 8. The SMILES string of the molecule is COc1ccc(CCNC(=O)C2CCCN(c3ccc(-n4cncn4)nn3)C2)cc1OC. The van der Waals surface area contributed by atoms with E-state index in [-0.39, 0.29) is 11.8 Å². The molecule has 1 atom stereocenters. The molecular weight excluding hydrogens is 410 g/mol. The fraction of sp³-hybridized carbons (Fsp3) is 0.409. The maximum atomic E-state index is 12.8. The molecule has 1 N–H and O–H groups in total. The van der Waals surface area contributed by atoms with Gasteiger partial charge in [0, 0.05) is 19.6 Å². The van der Waals surface area contributed by atoms with Crippen LogP contribution >= 0.6 is 0 Å². The molecule has 168 valence electrons. The quantitative estimate of drug-likeness (QED) is 0.567. The van der Waals surface area contributed by atoms with Crippen LogP contribution in [0.5, 0.6) is 11.5 Å². The van der Waals surface area contributed by atoms with Crippen LogP contribution in [0.1, 0.15) is 18.4 Å². The predicted molar refractivity (Wildman–Crippen MR) is 118 cm³/mol. The summed E-state index contributed by atoms with van der Waals surface area (Å²) in [6, 6.07) is 9.56. The lowest BCUT2D eigenvalue weighted by Crippen LogP contribution is -2.43. The second kappa shape index (κ2) is 10.1. The van der Waals surface area contributed by atoms with E-state index in [9.17, 15) is 4.79 Å². The number of piperidine rings is 1. The second-order valence-corrected chi connectivity index (χ2v) is 7.61. The largest absolute Gasteiger partial charge is 0.493 e. The van der Waals surface area contributed by atoms with Crippen LogP contribution in [-0.2, 0) is 11.2 Å². The van der Waals surface area contributed by atoms with Gasteiger partial charge in [-0.2, -0.15) is 5.10 Å². The summed E-state index contributed by atoms with van der Waals surface area (Å²) in [5.74, 6) is 2.74. The third-order valence-corrected chi connectivity index (χ3v) is 5.57. The van der Waals surface area contributed by atoms with E-state index in [1.165, 1.54) is 6.33 Å². The van der Waals surface area contributed by atoms with Crippen molar-refractivity contribution in [3.05, 3.63) is 48.5 Å². The number of anilines is 1. The predicted octanol–water partition coefficient (Wildman–Crippen LogP) is 1.65. The van der Waals surface area contributed by atoms with Crippen LogP contribution in [0.25, 0.3) is 5.82 Å². The van der Waals surface area contributed by atoms with E-state index in [1.807, 2.05) is 30.3 Å². The Labute approximate surface area is 186 Å². The molecule has 10 heteroatoms. The van der Waals surface area contributed by atoms with E-state index in [2.05, 4.69) is 30.5 Å². The van der Waals surface area contributed by atoms with Crippen molar-refractivity contribution in [1.82, 2.24) is 30.3 Å². The zero-order valence-electron chi connectivity index (χ0n) is 18.3. The number of amides is 1. The number of benzene rings is 1. The molecule has 0 radical (unpaired) electrons. The minimum absolute atomic E-state index is 0.0716. The molecule has 1 saturated heterocycles. The summed E-state index contributed by atoms with van der Waals surface area (Å²) in [5.41, 5.74) is 1.08. The monoisotopic (exact) mass is 437 g/mol.